The fourth-order valence-corrected chi connectivity index (χ4v) is 5.07. The zero-order valence-corrected chi connectivity index (χ0v) is 21.2. The molecule has 3 aromatic rings. The Morgan fingerprint density at radius 3 is 2.21 bits per heavy atom. The fourth-order valence-electron chi connectivity index (χ4n) is 3.46. The first-order chi connectivity index (χ1) is 16.3. The van der Waals surface area contributed by atoms with Gasteiger partial charge < -0.3 is 10.1 Å². The number of sulfonamides is 1. The summed E-state index contributed by atoms with van der Waals surface area (Å²) in [5.74, 6) is 0.196. The van der Waals surface area contributed by atoms with Crippen molar-refractivity contribution in [3.05, 3.63) is 90.0 Å². The van der Waals surface area contributed by atoms with Crippen LogP contribution in [0.15, 0.2) is 88.7 Å². The molecular formula is C26H30N2O4S2. The number of hydrogen-bond acceptors (Lipinski definition) is 5. The molecule has 3 aromatic carbocycles. The lowest BCUT2D eigenvalue weighted by Crippen LogP contribution is -2.48. The van der Waals surface area contributed by atoms with Crippen molar-refractivity contribution < 1.29 is 17.9 Å². The van der Waals surface area contributed by atoms with Crippen molar-refractivity contribution in [2.45, 2.75) is 42.1 Å². The van der Waals surface area contributed by atoms with E-state index in [1.165, 1.54) is 12.1 Å². The molecule has 0 aliphatic heterocycles. The summed E-state index contributed by atoms with van der Waals surface area (Å²) in [5, 5.41) is 2.96. The Labute approximate surface area is 206 Å². The second kappa shape index (κ2) is 12.1. The molecule has 0 fully saturated rings. The molecule has 6 nitrogen and oxygen atoms in total. The minimum Gasteiger partial charge on any atom is -0.494 e. The summed E-state index contributed by atoms with van der Waals surface area (Å²) < 4.78 is 34.2. The standard InChI is InChI=1S/C26H30N2O4S2/c1-4-32-22-12-16-24(17-13-22)34(30,31)28-25(18-20-8-6-5-7-9-20)26(29)27-19(2)21-10-14-23(33-3)15-11-21/h5-17,19,25,28H,4,18H2,1-3H3,(H,27,29)/t19-,25-/m1/s1. The van der Waals surface area contributed by atoms with Crippen LogP contribution in [0.3, 0.4) is 0 Å². The number of nitrogens with one attached hydrogen (secondary N) is 2. The van der Waals surface area contributed by atoms with Crippen LogP contribution < -0.4 is 14.8 Å². The quantitative estimate of drug-likeness (QED) is 0.378. The van der Waals surface area contributed by atoms with Gasteiger partial charge in [-0.3, -0.25) is 4.79 Å². The number of rotatable bonds is 11. The van der Waals surface area contributed by atoms with Crippen LogP contribution in [0.4, 0.5) is 0 Å². The highest BCUT2D eigenvalue weighted by Gasteiger charge is 2.27. The monoisotopic (exact) mass is 498 g/mol. The van der Waals surface area contributed by atoms with E-state index in [4.69, 9.17) is 4.74 Å². The minimum absolute atomic E-state index is 0.0718. The number of benzene rings is 3. The van der Waals surface area contributed by atoms with Gasteiger partial charge in [0.2, 0.25) is 15.9 Å². The van der Waals surface area contributed by atoms with Crippen LogP contribution in [-0.4, -0.2) is 33.2 Å². The van der Waals surface area contributed by atoms with Crippen LogP contribution in [0.1, 0.15) is 31.0 Å². The first-order valence-corrected chi connectivity index (χ1v) is 13.8. The largest absolute Gasteiger partial charge is 0.494 e. The molecule has 2 N–H and O–H groups in total. The van der Waals surface area contributed by atoms with Crippen LogP contribution in [0, 0.1) is 0 Å². The molecule has 8 heteroatoms. The van der Waals surface area contributed by atoms with E-state index in [1.807, 2.05) is 74.7 Å². The van der Waals surface area contributed by atoms with Crippen LogP contribution in [0.5, 0.6) is 5.75 Å². The number of amides is 1. The summed E-state index contributed by atoms with van der Waals surface area (Å²) >= 11 is 1.65. The molecule has 0 saturated heterocycles. The van der Waals surface area contributed by atoms with Crippen molar-refractivity contribution in [1.29, 1.82) is 0 Å². The average Bonchev–Trinajstić information content (AvgIpc) is 2.84. The lowest BCUT2D eigenvalue weighted by atomic mass is 10.0. The number of ether oxygens (including phenoxy) is 1. The Hall–Kier alpha value is -2.81. The summed E-state index contributed by atoms with van der Waals surface area (Å²) in [7, 11) is -3.93. The molecule has 0 saturated carbocycles. The van der Waals surface area contributed by atoms with Crippen molar-refractivity contribution >= 4 is 27.7 Å². The molecule has 0 radical (unpaired) electrons. The van der Waals surface area contributed by atoms with E-state index in [0.29, 0.717) is 12.4 Å². The Kier molecular flexibility index (Phi) is 9.15. The molecule has 0 aliphatic carbocycles. The van der Waals surface area contributed by atoms with Gasteiger partial charge in [-0.25, -0.2) is 8.42 Å². The van der Waals surface area contributed by atoms with E-state index < -0.39 is 16.1 Å². The van der Waals surface area contributed by atoms with Crippen molar-refractivity contribution in [1.82, 2.24) is 10.0 Å². The summed E-state index contributed by atoms with van der Waals surface area (Å²) in [6.45, 7) is 4.23. The van der Waals surface area contributed by atoms with Gasteiger partial charge in [0.05, 0.1) is 17.5 Å². The molecule has 0 spiro atoms. The highest BCUT2D eigenvalue weighted by atomic mass is 32.2. The van der Waals surface area contributed by atoms with E-state index in [-0.39, 0.29) is 23.3 Å². The third-order valence-corrected chi connectivity index (χ3v) is 7.55. The molecule has 1 amide bonds. The van der Waals surface area contributed by atoms with E-state index in [0.717, 1.165) is 16.0 Å². The zero-order valence-electron chi connectivity index (χ0n) is 19.5. The summed E-state index contributed by atoms with van der Waals surface area (Å²) in [6, 6.07) is 22.2. The maximum absolute atomic E-state index is 13.2. The SMILES string of the molecule is CCOc1ccc(S(=O)(=O)N[C@H](Cc2ccccc2)C(=O)N[C@H](C)c2ccc(SC)cc2)cc1. The molecule has 0 heterocycles. The predicted octanol–water partition coefficient (Wildman–Crippen LogP) is 4.57. The lowest BCUT2D eigenvalue weighted by molar-refractivity contribution is -0.123. The fraction of sp³-hybridized carbons (Fsp3) is 0.269. The van der Waals surface area contributed by atoms with Gasteiger partial charge in [0.15, 0.2) is 0 Å². The second-order valence-electron chi connectivity index (χ2n) is 7.77. The van der Waals surface area contributed by atoms with E-state index >= 15 is 0 Å². The van der Waals surface area contributed by atoms with E-state index in [2.05, 4.69) is 10.0 Å². The van der Waals surface area contributed by atoms with Crippen molar-refractivity contribution in [2.24, 2.45) is 0 Å². The second-order valence-corrected chi connectivity index (χ2v) is 10.4. The van der Waals surface area contributed by atoms with Crippen LogP contribution >= 0.6 is 11.8 Å². The highest BCUT2D eigenvalue weighted by Crippen LogP contribution is 2.20. The third kappa shape index (κ3) is 7.09. The molecule has 180 valence electrons. The maximum Gasteiger partial charge on any atom is 0.241 e. The van der Waals surface area contributed by atoms with Crippen molar-refractivity contribution in [2.75, 3.05) is 12.9 Å². The number of carbonyl (C=O) groups excluding carboxylic acids is 1. The van der Waals surface area contributed by atoms with Gasteiger partial charge in [-0.05, 0) is 74.0 Å². The lowest BCUT2D eigenvalue weighted by Gasteiger charge is -2.22. The van der Waals surface area contributed by atoms with Gasteiger partial charge in [0.25, 0.3) is 0 Å². The van der Waals surface area contributed by atoms with Gasteiger partial charge in [0.1, 0.15) is 11.8 Å². The summed E-state index contributed by atoms with van der Waals surface area (Å²) in [5.41, 5.74) is 1.80. The molecule has 0 aromatic heterocycles. The normalized spacial score (nSPS) is 13.1. The Balaban J connectivity index is 1.80. The average molecular weight is 499 g/mol. The number of hydrogen-bond donors (Lipinski definition) is 2. The van der Waals surface area contributed by atoms with E-state index in [9.17, 15) is 13.2 Å². The first-order valence-electron chi connectivity index (χ1n) is 11.1. The van der Waals surface area contributed by atoms with Crippen LogP contribution in [0.2, 0.25) is 0 Å². The zero-order chi connectivity index (χ0) is 24.6. The number of carbonyl (C=O) groups is 1. The molecule has 34 heavy (non-hydrogen) atoms. The molecule has 0 unspecified atom stereocenters. The van der Waals surface area contributed by atoms with Crippen molar-refractivity contribution in [3.63, 3.8) is 0 Å². The molecule has 0 bridgehead atoms. The van der Waals surface area contributed by atoms with Gasteiger partial charge in [-0.1, -0.05) is 42.5 Å². The molecule has 0 aliphatic rings. The molecule has 2 atom stereocenters. The topological polar surface area (TPSA) is 84.5 Å². The summed E-state index contributed by atoms with van der Waals surface area (Å²) in [4.78, 5) is 14.4. The van der Waals surface area contributed by atoms with E-state index in [1.54, 1.807) is 23.9 Å². The van der Waals surface area contributed by atoms with Gasteiger partial charge in [0, 0.05) is 4.90 Å². The summed E-state index contributed by atoms with van der Waals surface area (Å²) in [6.07, 6.45) is 2.23. The molecule has 3 rings (SSSR count). The van der Waals surface area contributed by atoms with Crippen molar-refractivity contribution in [3.8, 4) is 5.75 Å². The van der Waals surface area contributed by atoms with Crippen LogP contribution in [0.25, 0.3) is 0 Å². The Bertz CT molecular complexity index is 1170. The third-order valence-electron chi connectivity index (χ3n) is 5.32. The Morgan fingerprint density at radius 2 is 1.62 bits per heavy atom. The van der Waals surface area contributed by atoms with Gasteiger partial charge >= 0.3 is 0 Å². The van der Waals surface area contributed by atoms with Crippen LogP contribution in [-0.2, 0) is 21.2 Å². The predicted molar refractivity (Wildman–Crippen MR) is 137 cm³/mol. The molecular weight excluding hydrogens is 468 g/mol. The highest BCUT2D eigenvalue weighted by molar-refractivity contribution is 7.98. The van der Waals surface area contributed by atoms with Gasteiger partial charge in [-0.2, -0.15) is 4.72 Å². The Morgan fingerprint density at radius 1 is 0.971 bits per heavy atom. The minimum atomic E-state index is -3.93. The smallest absolute Gasteiger partial charge is 0.241 e. The first kappa shape index (κ1) is 25.8. The maximum atomic E-state index is 13.2. The van der Waals surface area contributed by atoms with Gasteiger partial charge in [-0.15, -0.1) is 11.8 Å². The number of thioether (sulfide) groups is 1.